The average molecular weight is 292 g/mol. The van der Waals surface area contributed by atoms with Gasteiger partial charge in [0.1, 0.15) is 15.9 Å². The Kier molecular flexibility index (Phi) is 3.44. The monoisotopic (exact) mass is 292 g/mol. The van der Waals surface area contributed by atoms with Crippen molar-refractivity contribution in [3.63, 3.8) is 0 Å². The average Bonchev–Trinajstić information content (AvgIpc) is 2.61. The first-order valence-corrected chi connectivity index (χ1v) is 6.30. The van der Waals surface area contributed by atoms with Crippen molar-refractivity contribution in [1.82, 2.24) is 15.2 Å². The normalized spacial score (nSPS) is 11.8. The molecule has 9 heteroatoms. The van der Waals surface area contributed by atoms with Gasteiger partial charge < -0.3 is 5.73 Å². The molecule has 0 aliphatic heterocycles. The maximum atomic E-state index is 12.6. The predicted octanol–water partition coefficient (Wildman–Crippen LogP) is 2.99. The molecule has 2 rings (SSSR count). The Morgan fingerprint density at radius 3 is 2.56 bits per heavy atom. The molecule has 0 saturated carbocycles. The van der Waals surface area contributed by atoms with Crippen LogP contribution in [0.4, 0.5) is 19.0 Å². The molecule has 2 N–H and O–H groups in total. The molecule has 2 aromatic heterocycles. The van der Waals surface area contributed by atoms with Gasteiger partial charge in [0.05, 0.1) is 5.56 Å². The minimum absolute atomic E-state index is 0.151. The molecule has 2 aromatic rings. The van der Waals surface area contributed by atoms with Crippen molar-refractivity contribution >= 4 is 28.9 Å². The van der Waals surface area contributed by atoms with Gasteiger partial charge >= 0.3 is 6.18 Å². The van der Waals surface area contributed by atoms with Gasteiger partial charge in [0.2, 0.25) is 0 Å². The summed E-state index contributed by atoms with van der Waals surface area (Å²) in [7, 11) is 0. The molecule has 2 heterocycles. The zero-order chi connectivity index (χ0) is 13.3. The minimum atomic E-state index is -4.44. The number of rotatable bonds is 2. The molecule has 0 amide bonds. The highest BCUT2D eigenvalue weighted by Crippen LogP contribution is 2.35. The summed E-state index contributed by atoms with van der Waals surface area (Å²) < 4.78 is 38.2. The zero-order valence-electron chi connectivity index (χ0n) is 9.02. The minimum Gasteiger partial charge on any atom is -0.384 e. The van der Waals surface area contributed by atoms with Crippen molar-refractivity contribution in [2.24, 2.45) is 0 Å². The van der Waals surface area contributed by atoms with E-state index in [4.69, 9.17) is 5.73 Å². The smallest absolute Gasteiger partial charge is 0.384 e. The molecule has 0 fully saturated rings. The fourth-order valence-electron chi connectivity index (χ4n) is 1.15. The van der Waals surface area contributed by atoms with Gasteiger partial charge in [-0.2, -0.15) is 13.2 Å². The third-order valence-corrected chi connectivity index (χ3v) is 3.66. The topological polar surface area (TPSA) is 64.7 Å². The Balaban J connectivity index is 2.31. The zero-order valence-corrected chi connectivity index (χ0v) is 10.7. The lowest BCUT2D eigenvalue weighted by molar-refractivity contribution is -0.137. The summed E-state index contributed by atoms with van der Waals surface area (Å²) in [4.78, 5) is 3.83. The number of halogens is 3. The van der Waals surface area contributed by atoms with Crippen LogP contribution in [-0.4, -0.2) is 15.2 Å². The van der Waals surface area contributed by atoms with Crippen molar-refractivity contribution in [1.29, 1.82) is 0 Å². The van der Waals surface area contributed by atoms with Gasteiger partial charge in [-0.25, -0.2) is 4.98 Å². The highest BCUT2D eigenvalue weighted by molar-refractivity contribution is 8.01. The van der Waals surface area contributed by atoms with E-state index in [9.17, 15) is 13.2 Å². The molecule has 0 bridgehead atoms. The number of hydrogen-bond donors (Lipinski definition) is 1. The van der Waals surface area contributed by atoms with Crippen LogP contribution < -0.4 is 5.73 Å². The predicted molar refractivity (Wildman–Crippen MR) is 62.4 cm³/mol. The number of aromatic nitrogens is 3. The van der Waals surface area contributed by atoms with E-state index in [0.717, 1.165) is 28.9 Å². The molecule has 0 spiro atoms. The molecule has 0 aliphatic rings. The van der Waals surface area contributed by atoms with Crippen LogP contribution in [0, 0.1) is 6.92 Å². The van der Waals surface area contributed by atoms with E-state index in [0.29, 0.717) is 4.34 Å². The van der Waals surface area contributed by atoms with Gasteiger partial charge in [0.15, 0.2) is 4.34 Å². The van der Waals surface area contributed by atoms with Crippen LogP contribution in [0.2, 0.25) is 0 Å². The van der Waals surface area contributed by atoms with E-state index in [1.54, 1.807) is 6.92 Å². The molecule has 0 radical (unpaired) electrons. The molecular weight excluding hydrogens is 285 g/mol. The number of nitrogen functional groups attached to an aromatic ring is 1. The Labute approximate surface area is 108 Å². The first-order chi connectivity index (χ1) is 8.34. The SMILES string of the molecule is Cc1nnc(Sc2cc(C(F)(F)F)cc(N)n2)s1. The van der Waals surface area contributed by atoms with Crippen LogP contribution in [0.5, 0.6) is 0 Å². The van der Waals surface area contributed by atoms with Crippen molar-refractivity contribution in [3.05, 3.63) is 22.7 Å². The summed E-state index contributed by atoms with van der Waals surface area (Å²) >= 11 is 2.29. The van der Waals surface area contributed by atoms with E-state index in [1.165, 1.54) is 11.3 Å². The third kappa shape index (κ3) is 3.10. The van der Waals surface area contributed by atoms with Crippen molar-refractivity contribution in [3.8, 4) is 0 Å². The maximum Gasteiger partial charge on any atom is 0.416 e. The second-order valence-corrected chi connectivity index (χ2v) is 5.75. The fourth-order valence-corrected chi connectivity index (χ4v) is 2.95. The summed E-state index contributed by atoms with van der Waals surface area (Å²) in [6.45, 7) is 1.76. The van der Waals surface area contributed by atoms with Crippen LogP contribution >= 0.6 is 23.1 Å². The molecule has 4 nitrogen and oxygen atoms in total. The van der Waals surface area contributed by atoms with Gasteiger partial charge in [-0.05, 0) is 30.8 Å². The first-order valence-electron chi connectivity index (χ1n) is 4.67. The van der Waals surface area contributed by atoms with E-state index < -0.39 is 11.7 Å². The summed E-state index contributed by atoms with van der Waals surface area (Å²) in [5.74, 6) is -0.173. The number of hydrogen-bond acceptors (Lipinski definition) is 6. The maximum absolute atomic E-state index is 12.6. The van der Waals surface area contributed by atoms with E-state index in [-0.39, 0.29) is 10.8 Å². The largest absolute Gasteiger partial charge is 0.416 e. The van der Waals surface area contributed by atoms with Crippen LogP contribution in [0.3, 0.4) is 0 Å². The molecule has 0 atom stereocenters. The highest BCUT2D eigenvalue weighted by Gasteiger charge is 2.31. The van der Waals surface area contributed by atoms with Crippen LogP contribution in [0.15, 0.2) is 21.5 Å². The summed E-state index contributed by atoms with van der Waals surface area (Å²) in [6.07, 6.45) is -4.44. The quantitative estimate of drug-likeness (QED) is 0.921. The van der Waals surface area contributed by atoms with Crippen molar-refractivity contribution in [2.75, 3.05) is 5.73 Å². The standard InChI is InChI=1S/C9H7F3N4S2/c1-4-15-16-8(17-4)18-7-3-5(9(10,11)12)2-6(13)14-7/h2-3H,1H3,(H2,13,14). The molecule has 18 heavy (non-hydrogen) atoms. The van der Waals surface area contributed by atoms with Crippen LogP contribution in [0.25, 0.3) is 0 Å². The van der Waals surface area contributed by atoms with Crippen molar-refractivity contribution in [2.45, 2.75) is 22.5 Å². The Morgan fingerprint density at radius 1 is 1.28 bits per heavy atom. The van der Waals surface area contributed by atoms with E-state index in [1.807, 2.05) is 0 Å². The molecule has 0 aromatic carbocycles. The Bertz CT molecular complexity index is 567. The summed E-state index contributed by atoms with van der Waals surface area (Å²) in [6, 6.07) is 1.74. The van der Waals surface area contributed by atoms with E-state index in [2.05, 4.69) is 15.2 Å². The highest BCUT2D eigenvalue weighted by atomic mass is 32.2. The van der Waals surface area contributed by atoms with Gasteiger partial charge in [-0.15, -0.1) is 10.2 Å². The number of anilines is 1. The van der Waals surface area contributed by atoms with Gasteiger partial charge in [0.25, 0.3) is 0 Å². The summed E-state index contributed by atoms with van der Waals surface area (Å²) in [5.41, 5.74) is 4.54. The molecule has 0 saturated heterocycles. The van der Waals surface area contributed by atoms with E-state index >= 15 is 0 Å². The number of pyridine rings is 1. The second kappa shape index (κ2) is 4.73. The van der Waals surface area contributed by atoms with Crippen LogP contribution in [0.1, 0.15) is 10.6 Å². The second-order valence-electron chi connectivity index (χ2n) is 3.31. The van der Waals surface area contributed by atoms with Gasteiger partial charge in [0, 0.05) is 0 Å². The van der Waals surface area contributed by atoms with Crippen LogP contribution in [-0.2, 0) is 6.18 Å². The number of nitrogens with two attached hydrogens (primary N) is 1. The fraction of sp³-hybridized carbons (Fsp3) is 0.222. The Morgan fingerprint density at radius 2 is 2.00 bits per heavy atom. The number of alkyl halides is 3. The summed E-state index contributed by atoms with van der Waals surface area (Å²) in [5, 5.41) is 8.46. The number of aryl methyl sites for hydroxylation is 1. The Hall–Kier alpha value is -1.35. The lowest BCUT2D eigenvalue weighted by atomic mass is 10.2. The number of nitrogens with zero attached hydrogens (tertiary/aromatic N) is 3. The first kappa shape index (κ1) is 13.1. The molecular formula is C9H7F3N4S2. The molecule has 0 aliphatic carbocycles. The molecule has 96 valence electrons. The van der Waals surface area contributed by atoms with Gasteiger partial charge in [-0.1, -0.05) is 11.3 Å². The molecule has 0 unspecified atom stereocenters. The lowest BCUT2D eigenvalue weighted by Crippen LogP contribution is -2.07. The van der Waals surface area contributed by atoms with Gasteiger partial charge in [-0.3, -0.25) is 0 Å². The third-order valence-electron chi connectivity index (χ3n) is 1.85. The van der Waals surface area contributed by atoms with Crippen molar-refractivity contribution < 1.29 is 13.2 Å². The lowest BCUT2D eigenvalue weighted by Gasteiger charge is -2.08.